The van der Waals surface area contributed by atoms with Gasteiger partial charge in [-0.3, -0.25) is 13.9 Å². The highest BCUT2D eigenvalue weighted by Crippen LogP contribution is 1.97. The fraction of sp³-hybridized carbons (Fsp3) is 0.727. The summed E-state index contributed by atoms with van der Waals surface area (Å²) in [7, 11) is -4.67. The van der Waals surface area contributed by atoms with E-state index in [-0.39, 0.29) is 5.91 Å². The van der Waals surface area contributed by atoms with Crippen molar-refractivity contribution in [2.45, 2.75) is 33.8 Å². The van der Waals surface area contributed by atoms with Crippen LogP contribution in [0.25, 0.3) is 0 Å². The van der Waals surface area contributed by atoms with Gasteiger partial charge in [-0.25, -0.2) is 0 Å². The number of carbonyl (C=O) groups is 1. The van der Waals surface area contributed by atoms with Crippen molar-refractivity contribution in [3.63, 3.8) is 0 Å². The number of hydrogen-bond acceptors (Lipinski definition) is 5. The van der Waals surface area contributed by atoms with Gasteiger partial charge in [-0.1, -0.05) is 0 Å². The van der Waals surface area contributed by atoms with Gasteiger partial charge in [0.25, 0.3) is 0 Å². The molecule has 0 aromatic heterocycles. The van der Waals surface area contributed by atoms with Gasteiger partial charge in [0.1, 0.15) is 0 Å². The lowest BCUT2D eigenvalue weighted by atomic mass is 10.3. The average Bonchev–Trinajstić information content (AvgIpc) is 2.30. The maximum absolute atomic E-state index is 11.5. The molecule has 20 heavy (non-hydrogen) atoms. The minimum atomic E-state index is -4.67. The second-order valence-electron chi connectivity index (χ2n) is 4.04. The van der Waals surface area contributed by atoms with Crippen molar-refractivity contribution < 1.29 is 27.4 Å². The van der Waals surface area contributed by atoms with Crippen LogP contribution in [0.5, 0.6) is 0 Å². The van der Waals surface area contributed by atoms with E-state index in [1.807, 2.05) is 20.0 Å². The minimum absolute atomic E-state index is 0.122. The third-order valence-electron chi connectivity index (χ3n) is 2.10. The van der Waals surface area contributed by atoms with E-state index in [0.29, 0.717) is 12.1 Å². The van der Waals surface area contributed by atoms with Crippen LogP contribution in [-0.4, -0.2) is 59.2 Å². The van der Waals surface area contributed by atoms with Crippen LogP contribution in [0.3, 0.4) is 0 Å². The highest BCUT2D eigenvalue weighted by Gasteiger charge is 2.06. The summed E-state index contributed by atoms with van der Waals surface area (Å²) in [5.74, 6) is -0.122. The molecule has 4 N–H and O–H groups in total. The van der Waals surface area contributed by atoms with Crippen molar-refractivity contribution in [2.75, 3.05) is 19.6 Å². The van der Waals surface area contributed by atoms with Crippen LogP contribution in [-0.2, 0) is 15.2 Å². The first-order valence-corrected chi connectivity index (χ1v) is 7.49. The lowest BCUT2D eigenvalue weighted by molar-refractivity contribution is -0.117. The van der Waals surface area contributed by atoms with Gasteiger partial charge in [-0.05, 0) is 27.7 Å². The Balaban J connectivity index is 0. The van der Waals surface area contributed by atoms with Gasteiger partial charge in [-0.15, -0.1) is 0 Å². The van der Waals surface area contributed by atoms with E-state index in [2.05, 4.69) is 10.2 Å². The van der Waals surface area contributed by atoms with Crippen LogP contribution in [0.2, 0.25) is 0 Å². The molecule has 0 aromatic carbocycles. The molecule has 0 aliphatic heterocycles. The molecule has 1 atom stereocenters. The molecule has 0 fully saturated rings. The van der Waals surface area contributed by atoms with E-state index >= 15 is 0 Å². The summed E-state index contributed by atoms with van der Waals surface area (Å²) >= 11 is 0. The Morgan fingerprint density at radius 3 is 2.00 bits per heavy atom. The first-order valence-electron chi connectivity index (χ1n) is 6.09. The van der Waals surface area contributed by atoms with E-state index in [1.54, 1.807) is 13.8 Å². The number of hydrogen-bond donors (Lipinski definition) is 4. The van der Waals surface area contributed by atoms with Crippen molar-refractivity contribution in [2.24, 2.45) is 0 Å². The predicted molar refractivity (Wildman–Crippen MR) is 75.5 cm³/mol. The lowest BCUT2D eigenvalue weighted by Gasteiger charge is -2.16. The SMILES string of the molecule is CCN(C=C(C)C(=O)NCC(C)O)CC.O=S(=O)(O)O. The first kappa shape index (κ1) is 21.1. The maximum Gasteiger partial charge on any atom is 0.394 e. The van der Waals surface area contributed by atoms with Gasteiger partial charge in [0.15, 0.2) is 0 Å². The number of nitrogens with zero attached hydrogens (tertiary/aromatic N) is 1. The van der Waals surface area contributed by atoms with E-state index in [9.17, 15) is 4.79 Å². The molecular formula is C11H24N2O6S. The number of nitrogens with one attached hydrogen (secondary N) is 1. The first-order chi connectivity index (χ1) is 9.01. The normalized spacial score (nSPS) is 13.1. The van der Waals surface area contributed by atoms with E-state index in [0.717, 1.165) is 13.1 Å². The standard InChI is InChI=1S/C11H22N2O2.H2O4S/c1-5-13(6-2)8-9(3)11(15)12-7-10(4)14;1-5(2,3)4/h8,10,14H,5-7H2,1-4H3,(H,12,15);(H2,1,2,3,4). The Labute approximate surface area is 120 Å². The quantitative estimate of drug-likeness (QED) is 0.404. The van der Waals surface area contributed by atoms with E-state index in [1.165, 1.54) is 0 Å². The Bertz CT molecular complexity index is 393. The monoisotopic (exact) mass is 312 g/mol. The molecule has 1 unspecified atom stereocenters. The smallest absolute Gasteiger partial charge is 0.392 e. The summed E-state index contributed by atoms with van der Waals surface area (Å²) in [6.45, 7) is 9.57. The Morgan fingerprint density at radius 2 is 1.70 bits per heavy atom. The molecule has 0 saturated carbocycles. The maximum atomic E-state index is 11.5. The fourth-order valence-corrected chi connectivity index (χ4v) is 1.12. The molecule has 0 heterocycles. The molecule has 0 aromatic rings. The summed E-state index contributed by atoms with van der Waals surface area (Å²) in [5, 5.41) is 11.7. The lowest BCUT2D eigenvalue weighted by Crippen LogP contribution is -2.31. The fourth-order valence-electron chi connectivity index (χ4n) is 1.12. The molecule has 0 aliphatic rings. The molecule has 0 saturated heterocycles. The van der Waals surface area contributed by atoms with Gasteiger partial charge >= 0.3 is 10.4 Å². The Morgan fingerprint density at radius 1 is 1.30 bits per heavy atom. The number of carbonyl (C=O) groups excluding carboxylic acids is 1. The third-order valence-corrected chi connectivity index (χ3v) is 2.10. The van der Waals surface area contributed by atoms with Crippen molar-refractivity contribution >= 4 is 16.3 Å². The largest absolute Gasteiger partial charge is 0.394 e. The van der Waals surface area contributed by atoms with Crippen molar-refractivity contribution in [1.29, 1.82) is 0 Å². The van der Waals surface area contributed by atoms with Gasteiger partial charge in [0.2, 0.25) is 5.91 Å². The van der Waals surface area contributed by atoms with Gasteiger partial charge in [0, 0.05) is 31.4 Å². The summed E-state index contributed by atoms with van der Waals surface area (Å²) in [6.07, 6.45) is 1.34. The summed E-state index contributed by atoms with van der Waals surface area (Å²) in [6, 6.07) is 0. The number of amides is 1. The number of aliphatic hydroxyl groups excluding tert-OH is 1. The van der Waals surface area contributed by atoms with Crippen molar-refractivity contribution in [3.8, 4) is 0 Å². The van der Waals surface area contributed by atoms with Crippen LogP contribution in [0.4, 0.5) is 0 Å². The van der Waals surface area contributed by atoms with Gasteiger partial charge in [-0.2, -0.15) is 8.42 Å². The second-order valence-corrected chi connectivity index (χ2v) is 4.94. The van der Waals surface area contributed by atoms with Crippen molar-refractivity contribution in [1.82, 2.24) is 10.2 Å². The highest BCUT2D eigenvalue weighted by atomic mass is 32.3. The van der Waals surface area contributed by atoms with Crippen molar-refractivity contribution in [3.05, 3.63) is 11.8 Å². The number of rotatable bonds is 6. The summed E-state index contributed by atoms with van der Waals surface area (Å²) in [4.78, 5) is 13.6. The molecular weight excluding hydrogens is 288 g/mol. The van der Waals surface area contributed by atoms with Crippen LogP contribution >= 0.6 is 0 Å². The predicted octanol–water partition coefficient (Wildman–Crippen LogP) is 0.0762. The highest BCUT2D eigenvalue weighted by molar-refractivity contribution is 7.79. The second kappa shape index (κ2) is 10.6. The average molecular weight is 312 g/mol. The zero-order valence-electron chi connectivity index (χ0n) is 12.2. The molecule has 0 bridgehead atoms. The van der Waals surface area contributed by atoms with E-state index in [4.69, 9.17) is 22.6 Å². The summed E-state index contributed by atoms with van der Waals surface area (Å²) < 4.78 is 31.6. The molecule has 9 heteroatoms. The minimum Gasteiger partial charge on any atom is -0.392 e. The molecule has 0 rings (SSSR count). The molecule has 0 spiro atoms. The zero-order chi connectivity index (χ0) is 16.3. The molecule has 0 aliphatic carbocycles. The topological polar surface area (TPSA) is 127 Å². The van der Waals surface area contributed by atoms with Gasteiger partial charge in [0.05, 0.1) is 6.10 Å². The van der Waals surface area contributed by atoms with Crippen LogP contribution in [0.15, 0.2) is 11.8 Å². The Hall–Kier alpha value is -1.16. The van der Waals surface area contributed by atoms with Crippen LogP contribution in [0.1, 0.15) is 27.7 Å². The summed E-state index contributed by atoms with van der Waals surface area (Å²) in [5.41, 5.74) is 0.666. The third kappa shape index (κ3) is 16.8. The molecule has 8 nitrogen and oxygen atoms in total. The van der Waals surface area contributed by atoms with E-state index < -0.39 is 16.5 Å². The van der Waals surface area contributed by atoms with Crippen LogP contribution in [0, 0.1) is 0 Å². The van der Waals surface area contributed by atoms with Crippen LogP contribution < -0.4 is 5.32 Å². The molecule has 120 valence electrons. The van der Waals surface area contributed by atoms with Gasteiger partial charge < -0.3 is 15.3 Å². The molecule has 1 amide bonds. The number of aliphatic hydroxyl groups is 1. The Kier molecular flexibility index (Phi) is 11.2. The zero-order valence-corrected chi connectivity index (χ0v) is 13.0. The molecule has 0 radical (unpaired) electrons.